The number of aromatic nitrogens is 4. The first-order valence-electron chi connectivity index (χ1n) is 41.9. The maximum absolute atomic E-state index is 15.6. The molecular weight excluding hydrogens is 1630 g/mol. The quantitative estimate of drug-likeness (QED) is 0.0238. The van der Waals surface area contributed by atoms with Crippen LogP contribution >= 0.6 is 22.6 Å². The maximum atomic E-state index is 15.6. The zero-order valence-corrected chi connectivity index (χ0v) is 75.0. The van der Waals surface area contributed by atoms with Crippen molar-refractivity contribution in [1.29, 1.82) is 0 Å². The van der Waals surface area contributed by atoms with E-state index in [0.29, 0.717) is 48.8 Å². The van der Waals surface area contributed by atoms with Gasteiger partial charge in [0.1, 0.15) is 35.9 Å². The van der Waals surface area contributed by atoms with Crippen LogP contribution in [0.5, 0.6) is 11.5 Å². The van der Waals surface area contributed by atoms with Crippen LogP contribution in [0.3, 0.4) is 0 Å². The van der Waals surface area contributed by atoms with E-state index in [2.05, 4.69) is 119 Å². The van der Waals surface area contributed by atoms with Crippen LogP contribution in [-0.2, 0) is 47.2 Å². The highest BCUT2D eigenvalue weighted by molar-refractivity contribution is 14.1. The Hall–Kier alpha value is -8.44. The van der Waals surface area contributed by atoms with Crippen molar-refractivity contribution in [2.45, 2.75) is 220 Å². The number of likely N-dealkylation sites (N-methyl/N-ethyl adjacent to an activating group) is 2. The zero-order chi connectivity index (χ0) is 85.9. The summed E-state index contributed by atoms with van der Waals surface area (Å²) in [6, 6.07) is 38.0. The molecular formula is C92H121B2F2IN8O14. The molecule has 0 N–H and O–H groups in total. The maximum Gasteiger partial charge on any atom is 0.494 e. The molecule has 27 heteroatoms. The minimum atomic E-state index is -0.668. The largest absolute Gasteiger partial charge is 0.494 e. The highest BCUT2D eigenvalue weighted by atomic mass is 127. The van der Waals surface area contributed by atoms with Crippen LogP contribution < -0.4 is 9.47 Å². The van der Waals surface area contributed by atoms with Crippen LogP contribution in [-0.4, -0.2) is 192 Å². The number of rotatable bonds is 24. The van der Waals surface area contributed by atoms with Crippen LogP contribution in [0.25, 0.3) is 38.4 Å². The summed E-state index contributed by atoms with van der Waals surface area (Å²) in [6.07, 6.45) is 17.1. The fourth-order valence-electron chi connectivity index (χ4n) is 14.6. The number of benzene rings is 5. The highest BCUT2D eigenvalue weighted by Crippen LogP contribution is 2.51. The molecule has 4 aliphatic heterocycles. The SMILES string of the molecule is CC1(C)OB(/C(=C(\B2OC(C)(C)C(C)(C)O2)C2CCC2)c2ccc3c(c2)c(F)nn3C2CCCCO2)OC1(C)C.CN(C)C(=O)/C=C/CN(CCOc1ccc(/C(=C(\c2ccccc2)C2CCC2)c2ccc3c(c2)c(F)nn3C2CCCCO2)cc1)C(=O)OC(C)(C)C.CN(C)C(=O)/C=C/CN(CCOc1ccc(I)cc1)C(=O)OC(C)(C)C. The highest BCUT2D eigenvalue weighted by Gasteiger charge is 2.58. The zero-order valence-electron chi connectivity index (χ0n) is 72.8. The summed E-state index contributed by atoms with van der Waals surface area (Å²) in [7, 11) is 5.49. The lowest BCUT2D eigenvalue weighted by molar-refractivity contribution is -0.124. The third-order valence-corrected chi connectivity index (χ3v) is 23.8. The van der Waals surface area contributed by atoms with Crippen molar-refractivity contribution < 1.29 is 75.0 Å². The van der Waals surface area contributed by atoms with Crippen LogP contribution in [0.15, 0.2) is 145 Å². The Morgan fingerprint density at radius 2 is 0.924 bits per heavy atom. The third-order valence-electron chi connectivity index (χ3n) is 23.1. The van der Waals surface area contributed by atoms with Gasteiger partial charge in [0.15, 0.2) is 12.5 Å². The van der Waals surface area contributed by atoms with Gasteiger partial charge in [-0.1, -0.05) is 79.6 Å². The van der Waals surface area contributed by atoms with Gasteiger partial charge in [0.05, 0.1) is 57.3 Å². The molecule has 2 unspecified atom stereocenters. The van der Waals surface area contributed by atoms with E-state index in [1.54, 1.807) is 49.7 Å². The smallest absolute Gasteiger partial charge is 0.492 e. The molecule has 5 aromatic carbocycles. The van der Waals surface area contributed by atoms with Crippen molar-refractivity contribution in [3.63, 3.8) is 0 Å². The number of carbonyl (C=O) groups excluding carboxylic acids is 4. The van der Waals surface area contributed by atoms with Gasteiger partial charge in [0.25, 0.3) is 0 Å². The summed E-state index contributed by atoms with van der Waals surface area (Å²) in [5, 5.41) is 9.52. The second-order valence-electron chi connectivity index (χ2n) is 35.8. The third kappa shape index (κ3) is 23.2. The van der Waals surface area contributed by atoms with Gasteiger partial charge in [-0.25, -0.2) is 19.0 Å². The van der Waals surface area contributed by atoms with Gasteiger partial charge in [-0.05, 0) is 301 Å². The van der Waals surface area contributed by atoms with E-state index in [1.807, 2.05) is 126 Å². The number of halogens is 3. The molecule has 0 spiro atoms. The number of allylic oxidation sites excluding steroid dienone is 2. The van der Waals surface area contributed by atoms with Gasteiger partial charge in [-0.3, -0.25) is 9.59 Å². The Balaban J connectivity index is 0.000000186. The van der Waals surface area contributed by atoms with Crippen molar-refractivity contribution >= 4 is 99.3 Å². The fraction of sp³-hybridized carbons (Fsp3) is 0.522. The van der Waals surface area contributed by atoms with Gasteiger partial charge in [0.2, 0.25) is 23.7 Å². The van der Waals surface area contributed by atoms with Gasteiger partial charge in [-0.2, -0.15) is 8.78 Å². The molecule has 2 aromatic heterocycles. The van der Waals surface area contributed by atoms with Crippen LogP contribution in [0, 0.1) is 27.3 Å². The van der Waals surface area contributed by atoms with E-state index in [9.17, 15) is 19.2 Å². The van der Waals surface area contributed by atoms with Crippen molar-refractivity contribution in [2.75, 3.05) is 80.8 Å². The molecule has 640 valence electrons. The van der Waals surface area contributed by atoms with Crippen molar-refractivity contribution in [3.05, 3.63) is 183 Å². The molecule has 6 fully saturated rings. The molecule has 119 heavy (non-hydrogen) atoms. The first-order valence-corrected chi connectivity index (χ1v) is 43.0. The molecule has 2 atom stereocenters. The number of carbonyl (C=O) groups is 4. The summed E-state index contributed by atoms with van der Waals surface area (Å²) >= 11 is 2.23. The normalized spacial score (nSPS) is 19.5. The minimum absolute atomic E-state index is 0.135. The van der Waals surface area contributed by atoms with Crippen LogP contribution in [0.4, 0.5) is 18.4 Å². The first-order chi connectivity index (χ1) is 56.3. The lowest BCUT2D eigenvalue weighted by Crippen LogP contribution is -2.41. The first kappa shape index (κ1) is 91.3. The lowest BCUT2D eigenvalue weighted by Gasteiger charge is -2.33. The Kier molecular flexibility index (Phi) is 30.1. The van der Waals surface area contributed by atoms with E-state index in [-0.39, 0.29) is 56.4 Å². The molecule has 2 aliphatic carbocycles. The van der Waals surface area contributed by atoms with E-state index in [0.717, 1.165) is 130 Å². The monoisotopic (exact) mass is 1750 g/mol. The van der Waals surface area contributed by atoms with Crippen molar-refractivity contribution in [2.24, 2.45) is 11.8 Å². The van der Waals surface area contributed by atoms with Crippen LogP contribution in [0.2, 0.25) is 0 Å². The van der Waals surface area contributed by atoms with E-state index < -0.39 is 71.9 Å². The Morgan fingerprint density at radius 3 is 1.33 bits per heavy atom. The lowest BCUT2D eigenvalue weighted by atomic mass is 9.55. The Labute approximate surface area is 716 Å². The van der Waals surface area contributed by atoms with Gasteiger partial charge in [0, 0.05) is 70.2 Å². The summed E-state index contributed by atoms with van der Waals surface area (Å²) in [4.78, 5) is 55.0. The Bertz CT molecular complexity index is 4750. The number of amides is 4. The van der Waals surface area contributed by atoms with Crippen molar-refractivity contribution in [3.8, 4) is 11.5 Å². The number of nitrogens with zero attached hydrogens (tertiary/aromatic N) is 8. The predicted octanol–water partition coefficient (Wildman–Crippen LogP) is 19.1. The summed E-state index contributed by atoms with van der Waals surface area (Å²) in [5.41, 5.74) is 6.28. The number of fused-ring (bicyclic) bond motifs is 2. The second-order valence-corrected chi connectivity index (χ2v) is 37.1. The number of ether oxygens (including phenoxy) is 6. The van der Waals surface area contributed by atoms with Crippen LogP contribution in [0.1, 0.15) is 209 Å². The average Bonchev–Trinajstić information content (AvgIpc) is 1.59. The topological polar surface area (TPSA) is 209 Å². The molecule has 0 radical (unpaired) electrons. The molecule has 0 bridgehead atoms. The molecule has 2 saturated carbocycles. The number of hydrogen-bond donors (Lipinski definition) is 0. The molecule has 6 heterocycles. The molecule has 13 rings (SSSR count). The van der Waals surface area contributed by atoms with Gasteiger partial charge < -0.3 is 66.6 Å². The predicted molar refractivity (Wildman–Crippen MR) is 471 cm³/mol. The standard InChI is InChI=1S/C43H51FN4O5.C30H43B2FN2O5.C19H27IN2O4/c1-43(2,3)53-42(50)47(25-12-17-37(49)46(4)5)26-28-51-34-22-19-32(20-23-34)40(39(31-15-11-16-31)30-13-7-6-8-14-30)33-21-24-36-35(29-33)41(44)45-48(36)38-18-9-10-27-52-38;1-27(2)28(3,4)38-31(37-27)24(19-12-11-13-19)25(32-39-29(5,6)30(7,8)40-32)20-15-16-22-21(18-20)26(33)34-35(22)23-14-9-10-17-36-23;1-19(2,3)26-18(24)22(12-6-7-17(23)21(4)5)13-14-25-16-10-8-15(20)9-11-16/h6-8,12-14,17,19-24,29,31,38H,9-11,15-16,18,25-28H2,1-5H3;15-16,18-19,23H,9-14,17H2,1-8H3;6-11H,12-14H2,1-5H3/b17-12+,40-39-;25-24-;7-6+. The number of hydrogen-bond acceptors (Lipinski definition) is 16. The summed E-state index contributed by atoms with van der Waals surface area (Å²) < 4.78 is 97.0. The second kappa shape index (κ2) is 39.2. The summed E-state index contributed by atoms with van der Waals surface area (Å²) in [6.45, 7) is 30.4. The van der Waals surface area contributed by atoms with E-state index in [4.69, 9.17) is 47.0 Å². The van der Waals surface area contributed by atoms with E-state index >= 15 is 8.78 Å². The molecule has 4 saturated heterocycles. The van der Waals surface area contributed by atoms with Gasteiger partial charge >= 0.3 is 26.4 Å². The van der Waals surface area contributed by atoms with Crippen molar-refractivity contribution in [1.82, 2.24) is 39.2 Å². The molecule has 6 aliphatic rings. The molecule has 4 amide bonds. The van der Waals surface area contributed by atoms with Gasteiger partial charge in [-0.15, -0.1) is 10.2 Å². The van der Waals surface area contributed by atoms with E-state index in [1.165, 1.54) is 43.7 Å². The molecule has 7 aromatic rings. The molecule has 22 nitrogen and oxygen atoms in total. The minimum Gasteiger partial charge on any atom is -0.492 e. The Morgan fingerprint density at radius 1 is 0.513 bits per heavy atom. The summed E-state index contributed by atoms with van der Waals surface area (Å²) in [5.74, 6) is 0.740. The fourth-order valence-corrected chi connectivity index (χ4v) is 15.0. The average molecular weight is 1750 g/mol.